The molecule has 118 valence electrons. The van der Waals surface area contributed by atoms with Gasteiger partial charge in [-0.1, -0.05) is 13.3 Å². The van der Waals surface area contributed by atoms with Crippen molar-refractivity contribution in [3.05, 3.63) is 23.3 Å². The number of ether oxygens (including phenoxy) is 1. The third kappa shape index (κ3) is 3.78. The van der Waals surface area contributed by atoms with Gasteiger partial charge in [0.25, 0.3) is 17.5 Å². The molecule has 0 aliphatic carbocycles. The summed E-state index contributed by atoms with van der Waals surface area (Å²) in [6.07, 6.45) is 1.87. The number of aromatic nitrogens is 4. The van der Waals surface area contributed by atoms with Gasteiger partial charge >= 0.3 is 5.97 Å². The Balaban J connectivity index is 1.98. The van der Waals surface area contributed by atoms with E-state index in [1.54, 1.807) is 0 Å². The zero-order valence-corrected chi connectivity index (χ0v) is 12.9. The van der Waals surface area contributed by atoms with Crippen LogP contribution in [0.3, 0.4) is 0 Å². The lowest BCUT2D eigenvalue weighted by atomic mass is 10.3. The lowest BCUT2D eigenvalue weighted by Gasteiger charge is -2.04. The Labute approximate surface area is 127 Å². The zero-order valence-electron chi connectivity index (χ0n) is 12.9. The number of hydrogen-bond donors (Lipinski definition) is 1. The Kier molecular flexibility index (Phi) is 5.03. The number of rotatable bonds is 6. The van der Waals surface area contributed by atoms with E-state index in [0.29, 0.717) is 12.3 Å². The summed E-state index contributed by atoms with van der Waals surface area (Å²) in [5.41, 5.74) is 1.60. The van der Waals surface area contributed by atoms with Gasteiger partial charge in [-0.05, 0) is 26.3 Å². The monoisotopic (exact) mass is 305 g/mol. The van der Waals surface area contributed by atoms with E-state index in [9.17, 15) is 9.59 Å². The van der Waals surface area contributed by atoms with Gasteiger partial charge in [-0.25, -0.2) is 14.3 Å². The van der Waals surface area contributed by atoms with Gasteiger partial charge < -0.3 is 10.1 Å². The van der Waals surface area contributed by atoms with Crippen LogP contribution in [0.2, 0.25) is 0 Å². The molecule has 0 aliphatic rings. The number of carbonyl (C=O) groups excluding carboxylic acids is 2. The molecule has 0 bridgehead atoms. The maximum atomic E-state index is 11.9. The molecule has 0 saturated carbocycles. The maximum absolute atomic E-state index is 11.9. The largest absolute Gasteiger partial charge is 0.450 e. The van der Waals surface area contributed by atoms with Crippen molar-refractivity contribution in [2.24, 2.45) is 0 Å². The molecule has 0 aliphatic heterocycles. The van der Waals surface area contributed by atoms with Gasteiger partial charge in [0.15, 0.2) is 6.61 Å². The number of amides is 1. The van der Waals surface area contributed by atoms with Gasteiger partial charge in [0.05, 0.1) is 0 Å². The molecule has 0 aromatic carbocycles. The van der Waals surface area contributed by atoms with Crippen molar-refractivity contribution >= 4 is 17.7 Å². The number of fused-ring (bicyclic) bond motifs is 1. The third-order valence-corrected chi connectivity index (χ3v) is 2.99. The molecule has 0 radical (unpaired) electrons. The van der Waals surface area contributed by atoms with Crippen molar-refractivity contribution in [2.75, 3.05) is 13.2 Å². The van der Waals surface area contributed by atoms with Crippen LogP contribution < -0.4 is 5.32 Å². The van der Waals surface area contributed by atoms with Crippen molar-refractivity contribution in [1.82, 2.24) is 24.9 Å². The fourth-order valence-electron chi connectivity index (χ4n) is 1.90. The lowest BCUT2D eigenvalue weighted by molar-refractivity contribution is -0.124. The number of unbranched alkanes of at least 4 members (excludes halogenated alkanes) is 1. The van der Waals surface area contributed by atoms with Gasteiger partial charge in [0, 0.05) is 17.9 Å². The van der Waals surface area contributed by atoms with E-state index in [4.69, 9.17) is 4.74 Å². The van der Waals surface area contributed by atoms with E-state index in [1.165, 1.54) is 4.52 Å². The van der Waals surface area contributed by atoms with Crippen molar-refractivity contribution in [2.45, 2.75) is 33.6 Å². The molecule has 0 spiro atoms. The minimum Gasteiger partial charge on any atom is -0.450 e. The summed E-state index contributed by atoms with van der Waals surface area (Å²) in [5.74, 6) is -0.858. The van der Waals surface area contributed by atoms with Crippen LogP contribution in [0, 0.1) is 13.8 Å². The fourth-order valence-corrected chi connectivity index (χ4v) is 1.90. The molecule has 2 heterocycles. The normalized spacial score (nSPS) is 10.7. The first-order chi connectivity index (χ1) is 10.5. The SMILES string of the molecule is CCCCNC(=O)COC(=O)c1nc2nc(C)cc(C)n2n1. The summed E-state index contributed by atoms with van der Waals surface area (Å²) in [6.45, 7) is 5.93. The van der Waals surface area contributed by atoms with Gasteiger partial charge in [-0.2, -0.15) is 4.98 Å². The van der Waals surface area contributed by atoms with Crippen LogP contribution in [0.25, 0.3) is 5.78 Å². The van der Waals surface area contributed by atoms with Gasteiger partial charge in [0.1, 0.15) is 0 Å². The first-order valence-corrected chi connectivity index (χ1v) is 7.16. The predicted molar refractivity (Wildman–Crippen MR) is 78.5 cm³/mol. The smallest absolute Gasteiger partial charge is 0.378 e. The fraction of sp³-hybridized carbons (Fsp3) is 0.500. The van der Waals surface area contributed by atoms with Gasteiger partial charge in [-0.15, -0.1) is 5.10 Å². The van der Waals surface area contributed by atoms with Crippen LogP contribution in [-0.4, -0.2) is 44.6 Å². The van der Waals surface area contributed by atoms with E-state index >= 15 is 0 Å². The van der Waals surface area contributed by atoms with Crippen LogP contribution in [0.5, 0.6) is 0 Å². The second-order valence-electron chi connectivity index (χ2n) is 4.97. The molecule has 2 rings (SSSR count). The molecule has 0 saturated heterocycles. The second-order valence-corrected chi connectivity index (χ2v) is 4.97. The highest BCUT2D eigenvalue weighted by atomic mass is 16.5. The quantitative estimate of drug-likeness (QED) is 0.626. The number of nitrogens with one attached hydrogen (secondary N) is 1. The topological polar surface area (TPSA) is 98.5 Å². The summed E-state index contributed by atoms with van der Waals surface area (Å²) in [5, 5.41) is 6.70. The molecule has 8 heteroatoms. The number of hydrogen-bond acceptors (Lipinski definition) is 6. The van der Waals surface area contributed by atoms with E-state index in [1.807, 2.05) is 26.8 Å². The predicted octanol–water partition coefficient (Wildman–Crippen LogP) is 0.814. The second kappa shape index (κ2) is 6.97. The van der Waals surface area contributed by atoms with E-state index in [-0.39, 0.29) is 18.3 Å². The molecule has 0 unspecified atom stereocenters. The Morgan fingerprint density at radius 2 is 2.09 bits per heavy atom. The number of carbonyl (C=O) groups is 2. The molecule has 0 fully saturated rings. The summed E-state index contributed by atoms with van der Waals surface area (Å²) >= 11 is 0. The summed E-state index contributed by atoms with van der Waals surface area (Å²) in [4.78, 5) is 31.6. The molecule has 0 atom stereocenters. The maximum Gasteiger partial charge on any atom is 0.378 e. The lowest BCUT2D eigenvalue weighted by Crippen LogP contribution is -2.29. The molecule has 1 N–H and O–H groups in total. The van der Waals surface area contributed by atoms with Crippen LogP contribution in [-0.2, 0) is 9.53 Å². The van der Waals surface area contributed by atoms with Crippen LogP contribution >= 0.6 is 0 Å². The highest BCUT2D eigenvalue weighted by Crippen LogP contribution is 2.06. The number of esters is 1. The molecule has 22 heavy (non-hydrogen) atoms. The van der Waals surface area contributed by atoms with Crippen molar-refractivity contribution in [3.63, 3.8) is 0 Å². The van der Waals surface area contributed by atoms with E-state index in [2.05, 4.69) is 20.4 Å². The summed E-state index contributed by atoms with van der Waals surface area (Å²) in [6, 6.07) is 1.83. The minimum absolute atomic E-state index is 0.109. The Morgan fingerprint density at radius 1 is 1.32 bits per heavy atom. The molecule has 1 amide bonds. The number of nitrogens with zero attached hydrogens (tertiary/aromatic N) is 4. The minimum atomic E-state index is -0.742. The molecule has 8 nitrogen and oxygen atoms in total. The van der Waals surface area contributed by atoms with Gasteiger partial charge in [0.2, 0.25) is 0 Å². The molecular formula is C14H19N5O3. The van der Waals surface area contributed by atoms with Crippen LogP contribution in [0.4, 0.5) is 0 Å². The first-order valence-electron chi connectivity index (χ1n) is 7.16. The molecule has 2 aromatic rings. The Hall–Kier alpha value is -2.51. The average molecular weight is 305 g/mol. The third-order valence-electron chi connectivity index (χ3n) is 2.99. The average Bonchev–Trinajstić information content (AvgIpc) is 2.89. The molecular weight excluding hydrogens is 286 g/mol. The van der Waals surface area contributed by atoms with E-state index in [0.717, 1.165) is 24.2 Å². The Bertz CT molecular complexity index is 695. The van der Waals surface area contributed by atoms with Crippen LogP contribution in [0.1, 0.15) is 41.8 Å². The highest BCUT2D eigenvalue weighted by molar-refractivity contribution is 5.88. The van der Waals surface area contributed by atoms with Crippen LogP contribution in [0.15, 0.2) is 6.07 Å². The number of aryl methyl sites for hydroxylation is 2. The first kappa shape index (κ1) is 15.9. The van der Waals surface area contributed by atoms with Crippen molar-refractivity contribution in [3.8, 4) is 0 Å². The van der Waals surface area contributed by atoms with E-state index < -0.39 is 5.97 Å². The zero-order chi connectivity index (χ0) is 16.1. The van der Waals surface area contributed by atoms with Crippen molar-refractivity contribution < 1.29 is 14.3 Å². The summed E-state index contributed by atoms with van der Waals surface area (Å²) < 4.78 is 6.37. The Morgan fingerprint density at radius 3 is 2.82 bits per heavy atom. The van der Waals surface area contributed by atoms with Crippen molar-refractivity contribution in [1.29, 1.82) is 0 Å². The van der Waals surface area contributed by atoms with Gasteiger partial charge in [-0.3, -0.25) is 4.79 Å². The standard InChI is InChI=1S/C14H19N5O3/c1-4-5-6-15-11(20)8-22-13(21)12-17-14-16-9(2)7-10(3)19(14)18-12/h7H,4-6,8H2,1-3H3,(H,15,20). The molecule has 2 aromatic heterocycles. The highest BCUT2D eigenvalue weighted by Gasteiger charge is 2.17. The summed E-state index contributed by atoms with van der Waals surface area (Å²) in [7, 11) is 0.